The Hall–Kier alpha value is -1.77. The molecule has 0 saturated carbocycles. The molecule has 6 nitrogen and oxygen atoms in total. The van der Waals surface area contributed by atoms with Crippen LogP contribution in [0.15, 0.2) is 46.1 Å². The van der Waals surface area contributed by atoms with Gasteiger partial charge in [-0.05, 0) is 49.6 Å². The maximum absolute atomic E-state index is 5.36. The summed E-state index contributed by atoms with van der Waals surface area (Å²) in [5, 5.41) is 6.57. The van der Waals surface area contributed by atoms with Crippen molar-refractivity contribution >= 4 is 35.8 Å². The zero-order valence-electron chi connectivity index (χ0n) is 16.0. The number of aromatic nitrogens is 1. The summed E-state index contributed by atoms with van der Waals surface area (Å²) in [5.41, 5.74) is 1.18. The highest BCUT2D eigenvalue weighted by Gasteiger charge is 2.11. The topological polar surface area (TPSA) is 65.7 Å². The minimum Gasteiger partial charge on any atom is -0.467 e. The summed E-state index contributed by atoms with van der Waals surface area (Å²) < 4.78 is 5.36. The third kappa shape index (κ3) is 7.04. The Balaban J connectivity index is 0.00000261. The van der Waals surface area contributed by atoms with Crippen LogP contribution < -0.4 is 15.5 Å². The van der Waals surface area contributed by atoms with Gasteiger partial charge in [-0.2, -0.15) is 0 Å². The van der Waals surface area contributed by atoms with Gasteiger partial charge in [0, 0.05) is 25.8 Å². The van der Waals surface area contributed by atoms with Crippen molar-refractivity contribution in [1.82, 2.24) is 15.6 Å². The molecule has 0 aliphatic carbocycles. The van der Waals surface area contributed by atoms with Crippen molar-refractivity contribution in [1.29, 1.82) is 0 Å². The molecule has 3 heterocycles. The molecule has 0 amide bonds. The lowest BCUT2D eigenvalue weighted by Crippen LogP contribution is -2.36. The summed E-state index contributed by atoms with van der Waals surface area (Å²) in [7, 11) is 0. The highest BCUT2D eigenvalue weighted by Crippen LogP contribution is 2.18. The summed E-state index contributed by atoms with van der Waals surface area (Å²) in [6.45, 7) is 6.33. The van der Waals surface area contributed by atoms with Gasteiger partial charge < -0.3 is 20.0 Å². The number of aliphatic imine (C=N–C) groups is 1. The summed E-state index contributed by atoms with van der Waals surface area (Å²) in [6, 6.07) is 8.06. The number of nitrogens with one attached hydrogen (secondary N) is 2. The first-order chi connectivity index (χ1) is 12.8. The van der Waals surface area contributed by atoms with Crippen molar-refractivity contribution in [2.45, 2.75) is 45.7 Å². The normalized spacial score (nSPS) is 15.0. The zero-order valence-corrected chi connectivity index (χ0v) is 18.3. The van der Waals surface area contributed by atoms with E-state index in [0.29, 0.717) is 13.1 Å². The highest BCUT2D eigenvalue weighted by molar-refractivity contribution is 14.0. The van der Waals surface area contributed by atoms with Crippen LogP contribution >= 0.6 is 24.0 Å². The SMILES string of the molecule is CCNC(=NCc1ccnc(N2CCCCCC2)c1)NCc1ccco1.I. The van der Waals surface area contributed by atoms with Crippen LogP contribution in [0.1, 0.15) is 43.9 Å². The second kappa shape index (κ2) is 11.8. The van der Waals surface area contributed by atoms with E-state index in [1.807, 2.05) is 24.4 Å². The number of rotatable bonds is 6. The molecule has 0 spiro atoms. The Kier molecular flexibility index (Phi) is 9.44. The Morgan fingerprint density at radius 3 is 2.70 bits per heavy atom. The van der Waals surface area contributed by atoms with Crippen molar-refractivity contribution in [3.63, 3.8) is 0 Å². The van der Waals surface area contributed by atoms with Crippen molar-refractivity contribution in [3.8, 4) is 0 Å². The van der Waals surface area contributed by atoms with E-state index in [1.165, 1.54) is 31.2 Å². The van der Waals surface area contributed by atoms with E-state index < -0.39 is 0 Å². The van der Waals surface area contributed by atoms with Crippen LogP contribution in [0.4, 0.5) is 5.82 Å². The molecule has 0 radical (unpaired) electrons. The largest absolute Gasteiger partial charge is 0.467 e. The van der Waals surface area contributed by atoms with E-state index in [2.05, 4.69) is 33.5 Å². The molecule has 0 unspecified atom stereocenters. The van der Waals surface area contributed by atoms with E-state index in [-0.39, 0.29) is 24.0 Å². The lowest BCUT2D eigenvalue weighted by Gasteiger charge is -2.21. The van der Waals surface area contributed by atoms with Crippen LogP contribution in [-0.2, 0) is 13.1 Å². The Morgan fingerprint density at radius 2 is 2.00 bits per heavy atom. The standard InChI is InChI=1S/C20H29N5O.HI/c1-2-21-20(24-16-18-8-7-13-26-18)23-15-17-9-10-22-19(14-17)25-11-5-3-4-6-12-25;/h7-10,13-14H,2-6,11-12,15-16H2,1H3,(H2,21,23,24);1H. The molecule has 7 heteroatoms. The first-order valence-electron chi connectivity index (χ1n) is 9.59. The van der Waals surface area contributed by atoms with E-state index in [0.717, 1.165) is 37.2 Å². The lowest BCUT2D eigenvalue weighted by atomic mass is 10.2. The monoisotopic (exact) mass is 483 g/mol. The molecule has 1 aliphatic heterocycles. The summed E-state index contributed by atoms with van der Waals surface area (Å²) in [6.07, 6.45) is 8.75. The summed E-state index contributed by atoms with van der Waals surface area (Å²) >= 11 is 0. The fraction of sp³-hybridized carbons (Fsp3) is 0.500. The number of hydrogen-bond acceptors (Lipinski definition) is 4. The minimum atomic E-state index is 0. The van der Waals surface area contributed by atoms with Crippen molar-refractivity contribution < 1.29 is 4.42 Å². The number of pyridine rings is 1. The third-order valence-electron chi connectivity index (χ3n) is 4.51. The van der Waals surface area contributed by atoms with Crippen LogP contribution in [0.2, 0.25) is 0 Å². The third-order valence-corrected chi connectivity index (χ3v) is 4.51. The van der Waals surface area contributed by atoms with Gasteiger partial charge in [0.15, 0.2) is 5.96 Å². The van der Waals surface area contributed by atoms with Gasteiger partial charge in [-0.25, -0.2) is 9.98 Å². The van der Waals surface area contributed by atoms with E-state index >= 15 is 0 Å². The highest BCUT2D eigenvalue weighted by atomic mass is 127. The van der Waals surface area contributed by atoms with E-state index in [9.17, 15) is 0 Å². The Labute approximate surface area is 178 Å². The van der Waals surface area contributed by atoms with Crippen molar-refractivity contribution in [2.75, 3.05) is 24.5 Å². The number of halogens is 1. The summed E-state index contributed by atoms with van der Waals surface area (Å²) in [4.78, 5) is 11.7. The van der Waals surface area contributed by atoms with Gasteiger partial charge >= 0.3 is 0 Å². The molecule has 2 aromatic rings. The molecule has 2 aromatic heterocycles. The van der Waals surface area contributed by atoms with Crippen molar-refractivity contribution in [3.05, 3.63) is 48.0 Å². The lowest BCUT2D eigenvalue weighted by molar-refractivity contribution is 0.501. The van der Waals surface area contributed by atoms with Gasteiger partial charge in [0.05, 0.1) is 19.4 Å². The first-order valence-corrected chi connectivity index (χ1v) is 9.59. The Bertz CT molecular complexity index is 681. The average Bonchev–Trinajstić information content (AvgIpc) is 3.04. The van der Waals surface area contributed by atoms with Crippen LogP contribution in [0.5, 0.6) is 0 Å². The molecule has 0 atom stereocenters. The van der Waals surface area contributed by atoms with Gasteiger partial charge in [0.25, 0.3) is 0 Å². The molecule has 1 fully saturated rings. The maximum Gasteiger partial charge on any atom is 0.191 e. The van der Waals surface area contributed by atoms with Gasteiger partial charge in [0.1, 0.15) is 11.6 Å². The first kappa shape index (κ1) is 21.5. The molecular formula is C20H30IN5O. The maximum atomic E-state index is 5.36. The van der Waals surface area contributed by atoms with Gasteiger partial charge in [-0.15, -0.1) is 24.0 Å². The second-order valence-corrected chi connectivity index (χ2v) is 6.55. The summed E-state index contributed by atoms with van der Waals surface area (Å²) in [5.74, 6) is 2.76. The Morgan fingerprint density at radius 1 is 1.19 bits per heavy atom. The van der Waals surface area contributed by atoms with Crippen molar-refractivity contribution in [2.24, 2.45) is 4.99 Å². The fourth-order valence-electron chi connectivity index (χ4n) is 3.13. The van der Waals surface area contributed by atoms with Crippen LogP contribution in [0, 0.1) is 0 Å². The molecule has 0 aromatic carbocycles. The second-order valence-electron chi connectivity index (χ2n) is 6.55. The molecule has 1 aliphatic rings. The molecule has 0 bridgehead atoms. The number of hydrogen-bond donors (Lipinski definition) is 2. The number of nitrogens with zero attached hydrogens (tertiary/aromatic N) is 3. The molecule has 2 N–H and O–H groups in total. The number of furan rings is 1. The molecule has 1 saturated heterocycles. The van der Waals surface area contributed by atoms with Gasteiger partial charge in [0.2, 0.25) is 0 Å². The molecule has 148 valence electrons. The fourth-order valence-corrected chi connectivity index (χ4v) is 3.13. The average molecular weight is 483 g/mol. The zero-order chi connectivity index (χ0) is 18.0. The molecular weight excluding hydrogens is 453 g/mol. The van der Waals surface area contributed by atoms with E-state index in [4.69, 9.17) is 9.41 Å². The van der Waals surface area contributed by atoms with Crippen LogP contribution in [-0.4, -0.2) is 30.6 Å². The smallest absolute Gasteiger partial charge is 0.191 e. The van der Waals surface area contributed by atoms with E-state index in [1.54, 1.807) is 6.26 Å². The number of guanidine groups is 1. The molecule has 3 rings (SSSR count). The quantitative estimate of drug-likeness (QED) is 0.371. The predicted octanol–water partition coefficient (Wildman–Crippen LogP) is 3.93. The molecule has 27 heavy (non-hydrogen) atoms. The number of anilines is 1. The minimum absolute atomic E-state index is 0. The van der Waals surface area contributed by atoms with Gasteiger partial charge in [-0.3, -0.25) is 0 Å². The van der Waals surface area contributed by atoms with Crippen LogP contribution in [0.25, 0.3) is 0 Å². The van der Waals surface area contributed by atoms with Crippen LogP contribution in [0.3, 0.4) is 0 Å². The van der Waals surface area contributed by atoms with Gasteiger partial charge in [-0.1, -0.05) is 12.8 Å². The predicted molar refractivity (Wildman–Crippen MR) is 121 cm³/mol.